The van der Waals surface area contributed by atoms with Crippen LogP contribution in [0.5, 0.6) is 0 Å². The Hall–Kier alpha value is -2.21. The van der Waals surface area contributed by atoms with Crippen molar-refractivity contribution in [2.45, 2.75) is 41.5 Å². The molecule has 3 heteroatoms. The molecule has 104 valence electrons. The van der Waals surface area contributed by atoms with Crippen molar-refractivity contribution in [3.05, 3.63) is 57.7 Å². The molecule has 2 aromatic rings. The van der Waals surface area contributed by atoms with Crippen LogP contribution in [0.1, 0.15) is 39.3 Å². The van der Waals surface area contributed by atoms with E-state index in [1.807, 2.05) is 40.0 Å². The van der Waals surface area contributed by atoms with Crippen molar-refractivity contribution in [2.24, 2.45) is 0 Å². The standard InChI is InChI=1S/C9H10N2.C8H11N/c1-6-4-7(2)11-9(5-10)8(6)3;1-6-4-8(3)9-5-7(6)2/h4H,1-3H3;4-5H,1-3H3. The molecule has 2 aromatic heterocycles. The number of aryl methyl sites for hydroxylation is 5. The molecule has 0 spiro atoms. The smallest absolute Gasteiger partial charge is 0.143 e. The van der Waals surface area contributed by atoms with Gasteiger partial charge in [0, 0.05) is 17.6 Å². The largest absolute Gasteiger partial charge is 0.261 e. The monoisotopic (exact) mass is 267 g/mol. The van der Waals surface area contributed by atoms with E-state index in [1.54, 1.807) is 0 Å². The summed E-state index contributed by atoms with van der Waals surface area (Å²) >= 11 is 0. The van der Waals surface area contributed by atoms with E-state index in [9.17, 15) is 0 Å². The van der Waals surface area contributed by atoms with Crippen LogP contribution < -0.4 is 0 Å². The summed E-state index contributed by atoms with van der Waals surface area (Å²) in [6.45, 7) is 12.0. The molecular formula is C17H21N3. The lowest BCUT2D eigenvalue weighted by Crippen LogP contribution is -1.93. The fourth-order valence-electron chi connectivity index (χ4n) is 1.77. The molecule has 0 bridgehead atoms. The van der Waals surface area contributed by atoms with Gasteiger partial charge in [-0.05, 0) is 75.9 Å². The predicted molar refractivity (Wildman–Crippen MR) is 81.6 cm³/mol. The van der Waals surface area contributed by atoms with Gasteiger partial charge in [0.2, 0.25) is 0 Å². The van der Waals surface area contributed by atoms with Crippen molar-refractivity contribution in [3.8, 4) is 6.07 Å². The molecule has 0 aliphatic rings. The molecule has 0 amide bonds. The SMILES string of the molecule is Cc1cc(C)c(C)c(C#N)n1.Cc1cc(C)c(C)cn1. The van der Waals surface area contributed by atoms with Gasteiger partial charge in [-0.2, -0.15) is 5.26 Å². The van der Waals surface area contributed by atoms with Crippen LogP contribution in [0.4, 0.5) is 0 Å². The molecule has 0 unspecified atom stereocenters. The highest BCUT2D eigenvalue weighted by Gasteiger charge is 2.01. The van der Waals surface area contributed by atoms with Gasteiger partial charge in [-0.3, -0.25) is 4.98 Å². The van der Waals surface area contributed by atoms with Crippen molar-refractivity contribution in [1.82, 2.24) is 9.97 Å². The molecule has 0 atom stereocenters. The number of pyridine rings is 2. The second-order valence-corrected chi connectivity index (χ2v) is 5.08. The highest BCUT2D eigenvalue weighted by Crippen LogP contribution is 2.10. The fraction of sp³-hybridized carbons (Fsp3) is 0.353. The van der Waals surface area contributed by atoms with Crippen LogP contribution in [0, 0.1) is 52.9 Å². The molecule has 0 N–H and O–H groups in total. The van der Waals surface area contributed by atoms with Crippen LogP contribution in [0.2, 0.25) is 0 Å². The average Bonchev–Trinajstić information content (AvgIpc) is 2.39. The highest BCUT2D eigenvalue weighted by atomic mass is 14.7. The molecule has 0 aliphatic carbocycles. The van der Waals surface area contributed by atoms with Crippen molar-refractivity contribution < 1.29 is 0 Å². The molecule has 0 aromatic carbocycles. The van der Waals surface area contributed by atoms with Crippen LogP contribution in [-0.4, -0.2) is 9.97 Å². The Morgan fingerprint density at radius 3 is 1.95 bits per heavy atom. The van der Waals surface area contributed by atoms with E-state index < -0.39 is 0 Å². The van der Waals surface area contributed by atoms with Crippen molar-refractivity contribution in [3.63, 3.8) is 0 Å². The first-order chi connectivity index (χ1) is 9.35. The minimum absolute atomic E-state index is 0.544. The summed E-state index contributed by atoms with van der Waals surface area (Å²) in [4.78, 5) is 8.23. The molecule has 0 aliphatic heterocycles. The predicted octanol–water partition coefficient (Wildman–Crippen LogP) is 3.89. The van der Waals surface area contributed by atoms with Gasteiger partial charge >= 0.3 is 0 Å². The molecular weight excluding hydrogens is 246 g/mol. The summed E-state index contributed by atoms with van der Waals surface area (Å²) < 4.78 is 0. The van der Waals surface area contributed by atoms with Crippen molar-refractivity contribution in [2.75, 3.05) is 0 Å². The highest BCUT2D eigenvalue weighted by molar-refractivity contribution is 5.37. The number of hydrogen-bond donors (Lipinski definition) is 0. The maximum atomic E-state index is 8.65. The first-order valence-electron chi connectivity index (χ1n) is 6.60. The van der Waals surface area contributed by atoms with E-state index in [-0.39, 0.29) is 0 Å². The Labute approximate surface area is 121 Å². The summed E-state index contributed by atoms with van der Waals surface area (Å²) in [5, 5.41) is 8.65. The molecule has 2 rings (SSSR count). The number of aromatic nitrogens is 2. The van der Waals surface area contributed by atoms with Gasteiger partial charge in [0.25, 0.3) is 0 Å². The molecule has 0 radical (unpaired) electrons. The van der Waals surface area contributed by atoms with Gasteiger partial charge in [0.15, 0.2) is 0 Å². The maximum Gasteiger partial charge on any atom is 0.143 e. The Morgan fingerprint density at radius 2 is 1.45 bits per heavy atom. The van der Waals surface area contributed by atoms with Crippen LogP contribution in [0.15, 0.2) is 18.3 Å². The minimum Gasteiger partial charge on any atom is -0.261 e. The zero-order valence-corrected chi connectivity index (χ0v) is 13.1. The van der Waals surface area contributed by atoms with Gasteiger partial charge in [-0.25, -0.2) is 4.98 Å². The molecule has 20 heavy (non-hydrogen) atoms. The van der Waals surface area contributed by atoms with E-state index in [4.69, 9.17) is 5.26 Å². The summed E-state index contributed by atoms with van der Waals surface area (Å²) in [5.74, 6) is 0. The lowest BCUT2D eigenvalue weighted by atomic mass is 10.1. The van der Waals surface area contributed by atoms with E-state index in [0.29, 0.717) is 5.69 Å². The third kappa shape index (κ3) is 4.17. The summed E-state index contributed by atoms with van der Waals surface area (Å²) in [6.07, 6.45) is 1.91. The van der Waals surface area contributed by atoms with Crippen LogP contribution in [-0.2, 0) is 0 Å². The second kappa shape index (κ2) is 6.81. The molecule has 3 nitrogen and oxygen atoms in total. The zero-order valence-electron chi connectivity index (χ0n) is 13.1. The number of nitrogens with zero attached hydrogens (tertiary/aromatic N) is 3. The van der Waals surface area contributed by atoms with E-state index in [2.05, 4.69) is 36.0 Å². The first-order valence-corrected chi connectivity index (χ1v) is 6.60. The van der Waals surface area contributed by atoms with Crippen LogP contribution in [0.25, 0.3) is 0 Å². The number of rotatable bonds is 0. The minimum atomic E-state index is 0.544. The second-order valence-electron chi connectivity index (χ2n) is 5.08. The summed E-state index contributed by atoms with van der Waals surface area (Å²) in [6, 6.07) is 6.14. The normalized spacial score (nSPS) is 9.45. The molecule has 0 saturated carbocycles. The third-order valence-corrected chi connectivity index (χ3v) is 3.28. The molecule has 0 saturated heterocycles. The molecule has 2 heterocycles. The quantitative estimate of drug-likeness (QED) is 0.727. The Balaban J connectivity index is 0.000000204. The first kappa shape index (κ1) is 15.8. The van der Waals surface area contributed by atoms with Gasteiger partial charge in [0.05, 0.1) is 0 Å². The Kier molecular flexibility index (Phi) is 5.40. The third-order valence-electron chi connectivity index (χ3n) is 3.28. The van der Waals surface area contributed by atoms with Crippen molar-refractivity contribution >= 4 is 0 Å². The van der Waals surface area contributed by atoms with Crippen LogP contribution >= 0.6 is 0 Å². The topological polar surface area (TPSA) is 49.6 Å². The summed E-state index contributed by atoms with van der Waals surface area (Å²) in [5.41, 5.74) is 7.25. The number of hydrogen-bond acceptors (Lipinski definition) is 3. The van der Waals surface area contributed by atoms with Crippen molar-refractivity contribution in [1.29, 1.82) is 5.26 Å². The van der Waals surface area contributed by atoms with Gasteiger partial charge in [0.1, 0.15) is 11.8 Å². The Morgan fingerprint density at radius 1 is 0.850 bits per heavy atom. The van der Waals surface area contributed by atoms with E-state index >= 15 is 0 Å². The van der Waals surface area contributed by atoms with Gasteiger partial charge in [-0.15, -0.1) is 0 Å². The lowest BCUT2D eigenvalue weighted by Gasteiger charge is -2.01. The lowest BCUT2D eigenvalue weighted by molar-refractivity contribution is 1.11. The van der Waals surface area contributed by atoms with E-state index in [0.717, 1.165) is 22.5 Å². The fourth-order valence-corrected chi connectivity index (χ4v) is 1.77. The van der Waals surface area contributed by atoms with Crippen LogP contribution in [0.3, 0.4) is 0 Å². The number of nitriles is 1. The average molecular weight is 267 g/mol. The van der Waals surface area contributed by atoms with E-state index in [1.165, 1.54) is 11.1 Å². The zero-order chi connectivity index (χ0) is 15.3. The molecule has 0 fully saturated rings. The summed E-state index contributed by atoms with van der Waals surface area (Å²) in [7, 11) is 0. The maximum absolute atomic E-state index is 8.65. The van der Waals surface area contributed by atoms with Gasteiger partial charge in [-0.1, -0.05) is 0 Å². The van der Waals surface area contributed by atoms with Gasteiger partial charge < -0.3 is 0 Å². The Bertz CT molecular complexity index is 652.